The Kier molecular flexibility index (Phi) is 6.44. The van der Waals surface area contributed by atoms with Gasteiger partial charge < -0.3 is 5.32 Å². The summed E-state index contributed by atoms with van der Waals surface area (Å²) in [5.41, 5.74) is 0. The molecule has 12 heavy (non-hydrogen) atoms. The van der Waals surface area contributed by atoms with Crippen LogP contribution in [0.1, 0.15) is 33.6 Å². The second-order valence-electron chi connectivity index (χ2n) is 2.96. The zero-order valence-electron chi connectivity index (χ0n) is 8.26. The summed E-state index contributed by atoms with van der Waals surface area (Å²) in [6.45, 7) is 6.71. The van der Waals surface area contributed by atoms with Crippen molar-refractivity contribution in [2.24, 2.45) is 5.92 Å². The zero-order valence-corrected chi connectivity index (χ0v) is 8.26. The first-order valence-corrected chi connectivity index (χ1v) is 4.61. The zero-order chi connectivity index (χ0) is 9.40. The standard InChI is InChI=1S/C10H19NO/c1-4-6-7-8-11-10(12)9(3)5-2/h4,6,9H,5,7-8H2,1-3H3,(H,11,12)/b6-4+. The van der Waals surface area contributed by atoms with Crippen molar-refractivity contribution in [3.8, 4) is 0 Å². The Morgan fingerprint density at radius 3 is 2.75 bits per heavy atom. The van der Waals surface area contributed by atoms with E-state index in [0.717, 1.165) is 19.4 Å². The van der Waals surface area contributed by atoms with Crippen LogP contribution in [-0.4, -0.2) is 12.5 Å². The summed E-state index contributed by atoms with van der Waals surface area (Å²) < 4.78 is 0. The predicted molar refractivity (Wildman–Crippen MR) is 51.9 cm³/mol. The Hall–Kier alpha value is -0.790. The molecule has 70 valence electrons. The summed E-state index contributed by atoms with van der Waals surface area (Å²) in [6.07, 6.45) is 5.89. The van der Waals surface area contributed by atoms with E-state index in [4.69, 9.17) is 0 Å². The highest BCUT2D eigenvalue weighted by Gasteiger charge is 2.07. The third kappa shape index (κ3) is 4.94. The van der Waals surface area contributed by atoms with E-state index in [1.807, 2.05) is 26.8 Å². The quantitative estimate of drug-likeness (QED) is 0.495. The van der Waals surface area contributed by atoms with E-state index in [0.29, 0.717) is 0 Å². The molecule has 0 aliphatic carbocycles. The molecule has 0 fully saturated rings. The van der Waals surface area contributed by atoms with Crippen LogP contribution in [0, 0.1) is 5.92 Å². The summed E-state index contributed by atoms with van der Waals surface area (Å²) in [5.74, 6) is 0.317. The lowest BCUT2D eigenvalue weighted by molar-refractivity contribution is -0.124. The molecule has 0 aromatic rings. The largest absolute Gasteiger partial charge is 0.356 e. The summed E-state index contributed by atoms with van der Waals surface area (Å²) in [5, 5.41) is 2.88. The van der Waals surface area contributed by atoms with Gasteiger partial charge in [-0.3, -0.25) is 4.79 Å². The van der Waals surface area contributed by atoms with Crippen molar-refractivity contribution in [1.82, 2.24) is 5.32 Å². The number of carbonyl (C=O) groups excluding carboxylic acids is 1. The second-order valence-corrected chi connectivity index (χ2v) is 2.96. The number of rotatable bonds is 5. The van der Waals surface area contributed by atoms with Gasteiger partial charge in [-0.15, -0.1) is 0 Å². The van der Waals surface area contributed by atoms with Gasteiger partial charge in [-0.25, -0.2) is 0 Å². The molecule has 0 aromatic carbocycles. The minimum absolute atomic E-state index is 0.149. The molecule has 1 atom stereocenters. The van der Waals surface area contributed by atoms with Gasteiger partial charge in [-0.2, -0.15) is 0 Å². The molecular formula is C10H19NO. The maximum absolute atomic E-state index is 11.2. The third-order valence-corrected chi connectivity index (χ3v) is 1.91. The van der Waals surface area contributed by atoms with Crippen molar-refractivity contribution in [3.05, 3.63) is 12.2 Å². The first-order chi connectivity index (χ1) is 5.72. The van der Waals surface area contributed by atoms with Crippen LogP contribution >= 0.6 is 0 Å². The van der Waals surface area contributed by atoms with Crippen LogP contribution in [-0.2, 0) is 4.79 Å². The Morgan fingerprint density at radius 2 is 2.25 bits per heavy atom. The molecule has 1 N–H and O–H groups in total. The fraction of sp³-hybridized carbons (Fsp3) is 0.700. The van der Waals surface area contributed by atoms with Gasteiger partial charge in [-0.1, -0.05) is 26.0 Å². The van der Waals surface area contributed by atoms with Crippen LogP contribution in [0.4, 0.5) is 0 Å². The number of amides is 1. The SMILES string of the molecule is C/C=C/CCNC(=O)C(C)CC. The molecule has 0 saturated heterocycles. The average Bonchev–Trinajstić information content (AvgIpc) is 2.10. The molecule has 0 heterocycles. The Morgan fingerprint density at radius 1 is 1.58 bits per heavy atom. The molecular weight excluding hydrogens is 150 g/mol. The monoisotopic (exact) mass is 169 g/mol. The molecule has 0 aliphatic heterocycles. The number of carbonyl (C=O) groups is 1. The van der Waals surface area contributed by atoms with Crippen LogP contribution in [0.15, 0.2) is 12.2 Å². The van der Waals surface area contributed by atoms with E-state index in [-0.39, 0.29) is 11.8 Å². The lowest BCUT2D eigenvalue weighted by Crippen LogP contribution is -2.29. The van der Waals surface area contributed by atoms with Crippen LogP contribution in [0.5, 0.6) is 0 Å². The fourth-order valence-corrected chi connectivity index (χ4v) is 0.805. The van der Waals surface area contributed by atoms with Crippen LogP contribution in [0.3, 0.4) is 0 Å². The smallest absolute Gasteiger partial charge is 0.222 e. The van der Waals surface area contributed by atoms with Gasteiger partial charge in [0, 0.05) is 12.5 Å². The molecule has 1 unspecified atom stereocenters. The molecule has 0 radical (unpaired) electrons. The minimum Gasteiger partial charge on any atom is -0.356 e. The molecule has 2 heteroatoms. The highest BCUT2D eigenvalue weighted by Crippen LogP contribution is 1.99. The molecule has 1 amide bonds. The predicted octanol–water partition coefficient (Wildman–Crippen LogP) is 2.11. The number of hydrogen-bond donors (Lipinski definition) is 1. The molecule has 0 aliphatic rings. The number of allylic oxidation sites excluding steroid dienone is 1. The van der Waals surface area contributed by atoms with Gasteiger partial charge in [0.2, 0.25) is 5.91 Å². The van der Waals surface area contributed by atoms with Crippen molar-refractivity contribution in [3.63, 3.8) is 0 Å². The van der Waals surface area contributed by atoms with E-state index in [1.165, 1.54) is 0 Å². The lowest BCUT2D eigenvalue weighted by Gasteiger charge is -2.08. The van der Waals surface area contributed by atoms with Gasteiger partial charge in [0.25, 0.3) is 0 Å². The summed E-state index contributed by atoms with van der Waals surface area (Å²) in [6, 6.07) is 0. The highest BCUT2D eigenvalue weighted by atomic mass is 16.1. The topological polar surface area (TPSA) is 29.1 Å². The van der Waals surface area contributed by atoms with E-state index >= 15 is 0 Å². The van der Waals surface area contributed by atoms with Gasteiger partial charge in [-0.05, 0) is 19.8 Å². The lowest BCUT2D eigenvalue weighted by atomic mass is 10.1. The van der Waals surface area contributed by atoms with Crippen LogP contribution < -0.4 is 5.32 Å². The maximum Gasteiger partial charge on any atom is 0.222 e. The van der Waals surface area contributed by atoms with Crippen molar-refractivity contribution in [1.29, 1.82) is 0 Å². The fourth-order valence-electron chi connectivity index (χ4n) is 0.805. The van der Waals surface area contributed by atoms with E-state index in [2.05, 4.69) is 11.4 Å². The first-order valence-electron chi connectivity index (χ1n) is 4.61. The molecule has 2 nitrogen and oxygen atoms in total. The number of hydrogen-bond acceptors (Lipinski definition) is 1. The molecule has 0 rings (SSSR count). The van der Waals surface area contributed by atoms with E-state index < -0.39 is 0 Å². The Balaban J connectivity index is 3.43. The minimum atomic E-state index is 0.149. The van der Waals surface area contributed by atoms with Gasteiger partial charge in [0.05, 0.1) is 0 Å². The first kappa shape index (κ1) is 11.2. The highest BCUT2D eigenvalue weighted by molar-refractivity contribution is 5.78. The Labute approximate surface area is 75.0 Å². The number of nitrogens with one attached hydrogen (secondary N) is 1. The van der Waals surface area contributed by atoms with Crippen LogP contribution in [0.2, 0.25) is 0 Å². The molecule has 0 saturated carbocycles. The average molecular weight is 169 g/mol. The van der Waals surface area contributed by atoms with Crippen molar-refractivity contribution in [2.45, 2.75) is 33.6 Å². The summed E-state index contributed by atoms with van der Waals surface area (Å²) >= 11 is 0. The van der Waals surface area contributed by atoms with Crippen molar-refractivity contribution in [2.75, 3.05) is 6.54 Å². The van der Waals surface area contributed by atoms with Crippen molar-refractivity contribution < 1.29 is 4.79 Å². The van der Waals surface area contributed by atoms with Gasteiger partial charge >= 0.3 is 0 Å². The molecule has 0 spiro atoms. The normalized spacial score (nSPS) is 13.2. The van der Waals surface area contributed by atoms with E-state index in [1.54, 1.807) is 0 Å². The summed E-state index contributed by atoms with van der Waals surface area (Å²) in [4.78, 5) is 11.2. The van der Waals surface area contributed by atoms with Gasteiger partial charge in [0.15, 0.2) is 0 Å². The second kappa shape index (κ2) is 6.89. The van der Waals surface area contributed by atoms with Gasteiger partial charge in [0.1, 0.15) is 0 Å². The summed E-state index contributed by atoms with van der Waals surface area (Å²) in [7, 11) is 0. The molecule has 0 aromatic heterocycles. The molecule has 0 bridgehead atoms. The maximum atomic E-state index is 11.2. The Bertz CT molecular complexity index is 152. The van der Waals surface area contributed by atoms with E-state index in [9.17, 15) is 4.79 Å². The van der Waals surface area contributed by atoms with Crippen molar-refractivity contribution >= 4 is 5.91 Å². The van der Waals surface area contributed by atoms with Crippen LogP contribution in [0.25, 0.3) is 0 Å². The third-order valence-electron chi connectivity index (χ3n) is 1.91.